The van der Waals surface area contributed by atoms with Crippen LogP contribution in [0.3, 0.4) is 0 Å². The van der Waals surface area contributed by atoms with Gasteiger partial charge in [0.05, 0.1) is 32.3 Å². The van der Waals surface area contributed by atoms with Crippen LogP contribution in [0.1, 0.15) is 29.6 Å². The van der Waals surface area contributed by atoms with Crippen LogP contribution in [0.25, 0.3) is 32.5 Å². The second-order valence-corrected chi connectivity index (χ2v) is 7.87. The molecule has 1 N–H and O–H groups in total. The summed E-state index contributed by atoms with van der Waals surface area (Å²) in [6, 6.07) is 11.1. The number of fused-ring (bicyclic) bond motifs is 2. The van der Waals surface area contributed by atoms with Crippen LogP contribution in [0.4, 0.5) is 5.82 Å². The van der Waals surface area contributed by atoms with E-state index in [-0.39, 0.29) is 5.56 Å². The highest BCUT2D eigenvalue weighted by molar-refractivity contribution is 7.16. The van der Waals surface area contributed by atoms with E-state index in [4.69, 9.17) is 9.97 Å². The number of hydrogen-bond acceptors (Lipinski definition) is 6. The van der Waals surface area contributed by atoms with E-state index in [9.17, 15) is 9.90 Å². The Hall–Kier alpha value is -3.06. The molecule has 1 aliphatic rings. The lowest BCUT2D eigenvalue weighted by Gasteiger charge is -2.29. The highest BCUT2D eigenvalue weighted by Crippen LogP contribution is 2.33. The first-order valence-electron chi connectivity index (χ1n) is 9.33. The Bertz CT molecular complexity index is 1200. The lowest BCUT2D eigenvalue weighted by atomic mass is 10.1. The van der Waals surface area contributed by atoms with Crippen LogP contribution in [-0.2, 0) is 0 Å². The minimum atomic E-state index is -0.957. The van der Waals surface area contributed by atoms with Gasteiger partial charge in [0.15, 0.2) is 5.82 Å². The number of carboxylic acids is 1. The quantitative estimate of drug-likeness (QED) is 0.551. The molecule has 3 heterocycles. The van der Waals surface area contributed by atoms with Crippen molar-refractivity contribution < 1.29 is 9.90 Å². The van der Waals surface area contributed by atoms with Gasteiger partial charge in [-0.05, 0) is 49.6 Å². The lowest BCUT2D eigenvalue weighted by molar-refractivity contribution is 0.0697. The third-order valence-electron chi connectivity index (χ3n) is 5.15. The Morgan fingerprint density at radius 2 is 1.82 bits per heavy atom. The maximum atomic E-state index is 11.4. The molecule has 5 rings (SSSR count). The first kappa shape index (κ1) is 17.1. The maximum absolute atomic E-state index is 11.4. The first-order valence-corrected chi connectivity index (χ1v) is 10.2. The Morgan fingerprint density at radius 3 is 2.64 bits per heavy atom. The molecule has 1 aliphatic heterocycles. The minimum absolute atomic E-state index is 0.225. The van der Waals surface area contributed by atoms with Crippen LogP contribution in [0, 0.1) is 0 Å². The van der Waals surface area contributed by atoms with Gasteiger partial charge in [-0.25, -0.2) is 19.7 Å². The van der Waals surface area contributed by atoms with Crippen molar-refractivity contribution in [3.8, 4) is 11.3 Å². The summed E-state index contributed by atoms with van der Waals surface area (Å²) < 4.78 is 1.14. The van der Waals surface area contributed by atoms with Crippen molar-refractivity contribution in [3.05, 3.63) is 47.5 Å². The molecule has 0 saturated carbocycles. The number of anilines is 1. The molecular weight excluding hydrogens is 372 g/mol. The second-order valence-electron chi connectivity index (χ2n) is 6.99. The molecule has 6 nitrogen and oxygen atoms in total. The van der Waals surface area contributed by atoms with Crippen molar-refractivity contribution in [1.82, 2.24) is 15.0 Å². The van der Waals surface area contributed by atoms with E-state index in [0.717, 1.165) is 53.2 Å². The van der Waals surface area contributed by atoms with Gasteiger partial charge in [0, 0.05) is 18.7 Å². The fourth-order valence-corrected chi connectivity index (χ4v) is 4.36. The monoisotopic (exact) mass is 390 g/mol. The number of benzene rings is 2. The van der Waals surface area contributed by atoms with Crippen molar-refractivity contribution in [1.29, 1.82) is 0 Å². The van der Waals surface area contributed by atoms with E-state index in [2.05, 4.69) is 28.1 Å². The van der Waals surface area contributed by atoms with Crippen molar-refractivity contribution in [2.75, 3.05) is 18.0 Å². The molecule has 2 aromatic heterocycles. The molecule has 4 aromatic rings. The normalized spacial score (nSPS) is 14.6. The summed E-state index contributed by atoms with van der Waals surface area (Å²) in [7, 11) is 0. The van der Waals surface area contributed by atoms with Gasteiger partial charge < -0.3 is 10.0 Å². The summed E-state index contributed by atoms with van der Waals surface area (Å²) >= 11 is 1.62. The molecule has 0 atom stereocenters. The Labute approximate surface area is 165 Å². The van der Waals surface area contributed by atoms with Crippen LogP contribution in [-0.4, -0.2) is 39.1 Å². The number of carbonyl (C=O) groups is 1. The van der Waals surface area contributed by atoms with E-state index in [0.29, 0.717) is 11.0 Å². The van der Waals surface area contributed by atoms with Crippen LogP contribution in [0.15, 0.2) is 41.9 Å². The molecule has 1 fully saturated rings. The average Bonchev–Trinajstić information content (AvgIpc) is 3.21. The molecule has 0 unspecified atom stereocenters. The van der Waals surface area contributed by atoms with E-state index >= 15 is 0 Å². The molecule has 0 amide bonds. The van der Waals surface area contributed by atoms with E-state index in [1.54, 1.807) is 29.5 Å². The third kappa shape index (κ3) is 2.97. The smallest absolute Gasteiger partial charge is 0.335 e. The van der Waals surface area contributed by atoms with Crippen LogP contribution in [0.5, 0.6) is 0 Å². The first-order chi connectivity index (χ1) is 13.7. The number of carboxylic acid groups (broad SMARTS) is 1. The SMILES string of the molecule is O=C(O)c1ccc2nc(-c3ccc4scnc4c3)c(N3CCCCC3)nc2c1. The molecule has 0 spiro atoms. The summed E-state index contributed by atoms with van der Waals surface area (Å²) in [5, 5.41) is 9.31. The summed E-state index contributed by atoms with van der Waals surface area (Å²) in [6.07, 6.45) is 3.47. The van der Waals surface area contributed by atoms with Gasteiger partial charge in [0.2, 0.25) is 0 Å². The van der Waals surface area contributed by atoms with Crippen molar-refractivity contribution in [2.24, 2.45) is 0 Å². The molecule has 28 heavy (non-hydrogen) atoms. The highest BCUT2D eigenvalue weighted by Gasteiger charge is 2.20. The number of thiazole rings is 1. The van der Waals surface area contributed by atoms with Gasteiger partial charge in [0.1, 0.15) is 5.69 Å². The summed E-state index contributed by atoms with van der Waals surface area (Å²) in [6.45, 7) is 1.87. The van der Waals surface area contributed by atoms with Crippen LogP contribution in [0.2, 0.25) is 0 Å². The van der Waals surface area contributed by atoms with Crippen LogP contribution >= 0.6 is 11.3 Å². The zero-order chi connectivity index (χ0) is 19.1. The number of aromatic nitrogens is 3. The minimum Gasteiger partial charge on any atom is -0.478 e. The predicted octanol–water partition coefficient (Wildman–Crippen LogP) is 4.60. The number of hydrogen-bond donors (Lipinski definition) is 1. The molecule has 140 valence electrons. The second kappa shape index (κ2) is 6.83. The Kier molecular flexibility index (Phi) is 4.16. The molecule has 0 bridgehead atoms. The van der Waals surface area contributed by atoms with Gasteiger partial charge in [-0.15, -0.1) is 11.3 Å². The number of nitrogens with zero attached hydrogens (tertiary/aromatic N) is 4. The zero-order valence-electron chi connectivity index (χ0n) is 15.1. The van der Waals surface area contributed by atoms with Gasteiger partial charge >= 0.3 is 5.97 Å². The third-order valence-corrected chi connectivity index (χ3v) is 5.96. The fraction of sp³-hybridized carbons (Fsp3) is 0.238. The predicted molar refractivity (Wildman–Crippen MR) is 111 cm³/mol. The molecule has 2 aromatic carbocycles. The Morgan fingerprint density at radius 1 is 0.964 bits per heavy atom. The van der Waals surface area contributed by atoms with E-state index in [1.165, 1.54) is 6.42 Å². The lowest BCUT2D eigenvalue weighted by Crippen LogP contribution is -2.31. The van der Waals surface area contributed by atoms with Gasteiger partial charge in [-0.1, -0.05) is 6.07 Å². The average molecular weight is 390 g/mol. The van der Waals surface area contributed by atoms with Gasteiger partial charge in [-0.2, -0.15) is 0 Å². The summed E-state index contributed by atoms with van der Waals surface area (Å²) in [5.74, 6) is -0.134. The summed E-state index contributed by atoms with van der Waals surface area (Å²) in [5.41, 5.74) is 6.14. The topological polar surface area (TPSA) is 79.2 Å². The van der Waals surface area contributed by atoms with Gasteiger partial charge in [-0.3, -0.25) is 0 Å². The van der Waals surface area contributed by atoms with Gasteiger partial charge in [0.25, 0.3) is 0 Å². The van der Waals surface area contributed by atoms with E-state index < -0.39 is 5.97 Å². The number of rotatable bonds is 3. The van der Waals surface area contributed by atoms with Crippen LogP contribution < -0.4 is 4.90 Å². The molecule has 0 radical (unpaired) electrons. The number of aromatic carboxylic acids is 1. The largest absolute Gasteiger partial charge is 0.478 e. The fourth-order valence-electron chi connectivity index (χ4n) is 3.70. The standard InChI is InChI=1S/C21H18N4O2S/c26-21(27)14-4-6-15-16(11-14)24-20(25-8-2-1-3-9-25)19(23-15)13-5-7-18-17(10-13)22-12-28-18/h4-7,10-12H,1-3,8-9H2,(H,26,27). The summed E-state index contributed by atoms with van der Waals surface area (Å²) in [4.78, 5) is 27.8. The molecule has 0 aliphatic carbocycles. The molecule has 7 heteroatoms. The maximum Gasteiger partial charge on any atom is 0.335 e. The zero-order valence-corrected chi connectivity index (χ0v) is 15.9. The van der Waals surface area contributed by atoms with Crippen molar-refractivity contribution >= 4 is 44.4 Å². The highest BCUT2D eigenvalue weighted by atomic mass is 32.1. The molecular formula is C21H18N4O2S. The van der Waals surface area contributed by atoms with E-state index in [1.807, 2.05) is 5.51 Å². The Balaban J connectivity index is 1.72. The number of piperidine rings is 1. The van der Waals surface area contributed by atoms with Crippen molar-refractivity contribution in [2.45, 2.75) is 19.3 Å². The van der Waals surface area contributed by atoms with Crippen molar-refractivity contribution in [3.63, 3.8) is 0 Å². The molecule has 1 saturated heterocycles.